The number of hydrogen-bond donors (Lipinski definition) is 1. The topological polar surface area (TPSA) is 82.1 Å². The second kappa shape index (κ2) is 9.21. The second-order valence-electron chi connectivity index (χ2n) is 8.31. The molecule has 0 spiro atoms. The predicted octanol–water partition coefficient (Wildman–Crippen LogP) is 3.86. The van der Waals surface area contributed by atoms with Crippen LogP contribution in [0.1, 0.15) is 21.5 Å². The zero-order valence-electron chi connectivity index (χ0n) is 18.3. The van der Waals surface area contributed by atoms with Crippen LogP contribution >= 0.6 is 11.6 Å². The minimum Gasteiger partial charge on any atom is -0.339 e. The van der Waals surface area contributed by atoms with Gasteiger partial charge in [0.25, 0.3) is 15.9 Å². The number of carbonyl (C=O) groups is 1. The number of amidine groups is 1. The number of anilines is 1. The molecule has 3 aromatic carbocycles. The molecule has 1 saturated heterocycles. The highest BCUT2D eigenvalue weighted by Crippen LogP contribution is 2.27. The van der Waals surface area contributed by atoms with Crippen molar-refractivity contribution in [2.24, 2.45) is 4.40 Å². The number of benzene rings is 3. The molecular formula is C25H23ClN4O3S. The molecule has 0 aromatic heterocycles. The Kier molecular flexibility index (Phi) is 6.12. The largest absolute Gasteiger partial charge is 0.339 e. The first-order valence-electron chi connectivity index (χ1n) is 11.0. The average Bonchev–Trinajstić information content (AvgIpc) is 3.09. The number of amides is 1. The highest BCUT2D eigenvalue weighted by molar-refractivity contribution is 7.90. The van der Waals surface area contributed by atoms with Gasteiger partial charge in [-0.05, 0) is 54.1 Å². The number of carbonyl (C=O) groups excluding carboxylic acids is 1. The van der Waals surface area contributed by atoms with E-state index in [0.29, 0.717) is 29.9 Å². The zero-order chi connectivity index (χ0) is 23.7. The fourth-order valence-electron chi connectivity index (χ4n) is 4.21. The Hall–Kier alpha value is -3.20. The summed E-state index contributed by atoms with van der Waals surface area (Å²) < 4.78 is 28.3. The van der Waals surface area contributed by atoms with E-state index in [-0.39, 0.29) is 16.6 Å². The maximum absolute atomic E-state index is 13.0. The number of halogens is 1. The van der Waals surface area contributed by atoms with E-state index in [1.807, 2.05) is 23.1 Å². The number of piperazine rings is 1. The van der Waals surface area contributed by atoms with Gasteiger partial charge >= 0.3 is 0 Å². The van der Waals surface area contributed by atoms with Gasteiger partial charge in [-0.15, -0.1) is 4.40 Å². The summed E-state index contributed by atoms with van der Waals surface area (Å²) in [5.41, 5.74) is 2.96. The number of sulfonamides is 1. The monoisotopic (exact) mass is 494 g/mol. The lowest BCUT2D eigenvalue weighted by Gasteiger charge is -2.34. The third-order valence-electron chi connectivity index (χ3n) is 5.98. The van der Waals surface area contributed by atoms with E-state index in [9.17, 15) is 13.2 Å². The van der Waals surface area contributed by atoms with Gasteiger partial charge in [0.05, 0.1) is 0 Å². The fourth-order valence-corrected chi connectivity index (χ4v) is 5.60. The van der Waals surface area contributed by atoms with Crippen molar-refractivity contribution >= 4 is 39.1 Å². The van der Waals surface area contributed by atoms with Crippen LogP contribution < -0.4 is 5.32 Å². The fraction of sp³-hybridized carbons (Fsp3) is 0.200. The summed E-state index contributed by atoms with van der Waals surface area (Å²) >= 11 is 6.08. The van der Waals surface area contributed by atoms with Crippen molar-refractivity contribution in [2.75, 3.05) is 31.5 Å². The number of rotatable bonds is 4. The molecule has 1 fully saturated rings. The van der Waals surface area contributed by atoms with Crippen molar-refractivity contribution < 1.29 is 13.2 Å². The number of hydrogen-bond acceptors (Lipinski definition) is 5. The van der Waals surface area contributed by atoms with Crippen molar-refractivity contribution in [1.82, 2.24) is 9.80 Å². The van der Waals surface area contributed by atoms with Crippen LogP contribution in [0.3, 0.4) is 0 Å². The smallest absolute Gasteiger partial charge is 0.285 e. The molecular weight excluding hydrogens is 472 g/mol. The first-order valence-corrected chi connectivity index (χ1v) is 12.8. The van der Waals surface area contributed by atoms with Crippen LogP contribution in [0.5, 0.6) is 0 Å². The van der Waals surface area contributed by atoms with E-state index < -0.39 is 10.0 Å². The molecule has 2 aliphatic rings. The maximum Gasteiger partial charge on any atom is 0.285 e. The first-order chi connectivity index (χ1) is 16.4. The average molecular weight is 495 g/mol. The molecule has 2 aliphatic heterocycles. The summed E-state index contributed by atoms with van der Waals surface area (Å²) in [5.74, 6) is 0.269. The van der Waals surface area contributed by atoms with Crippen LogP contribution in [0.15, 0.2) is 82.1 Å². The predicted molar refractivity (Wildman–Crippen MR) is 133 cm³/mol. The first kappa shape index (κ1) is 22.6. The van der Waals surface area contributed by atoms with E-state index in [0.717, 1.165) is 30.2 Å². The Bertz CT molecular complexity index is 1360. The van der Waals surface area contributed by atoms with Gasteiger partial charge in [-0.1, -0.05) is 35.9 Å². The molecule has 1 amide bonds. The molecule has 9 heteroatoms. The molecule has 0 aliphatic carbocycles. The van der Waals surface area contributed by atoms with Gasteiger partial charge in [0, 0.05) is 54.6 Å². The Morgan fingerprint density at radius 3 is 2.41 bits per heavy atom. The third kappa shape index (κ3) is 4.70. The summed E-state index contributed by atoms with van der Waals surface area (Å²) in [6.45, 7) is 3.72. The molecule has 5 rings (SSSR count). The Balaban J connectivity index is 1.20. The van der Waals surface area contributed by atoms with Gasteiger partial charge in [0.1, 0.15) is 4.90 Å². The summed E-state index contributed by atoms with van der Waals surface area (Å²) in [6.07, 6.45) is 0. The molecule has 0 saturated carbocycles. The summed E-state index contributed by atoms with van der Waals surface area (Å²) in [4.78, 5) is 17.4. The van der Waals surface area contributed by atoms with Gasteiger partial charge in [0.15, 0.2) is 5.84 Å². The van der Waals surface area contributed by atoms with Crippen LogP contribution in [0.25, 0.3) is 0 Å². The molecule has 1 N–H and O–H groups in total. The molecule has 7 nitrogen and oxygen atoms in total. The molecule has 0 atom stereocenters. The second-order valence-corrected chi connectivity index (χ2v) is 10.3. The summed E-state index contributed by atoms with van der Waals surface area (Å²) in [6, 6.07) is 21.6. The van der Waals surface area contributed by atoms with Crippen molar-refractivity contribution in [3.8, 4) is 0 Å². The van der Waals surface area contributed by atoms with Gasteiger partial charge in [-0.25, -0.2) is 0 Å². The van der Waals surface area contributed by atoms with E-state index in [4.69, 9.17) is 11.6 Å². The molecule has 0 unspecified atom stereocenters. The van der Waals surface area contributed by atoms with E-state index >= 15 is 0 Å². The molecule has 174 valence electrons. The maximum atomic E-state index is 13.0. The van der Waals surface area contributed by atoms with Crippen LogP contribution in [0, 0.1) is 0 Å². The van der Waals surface area contributed by atoms with Gasteiger partial charge < -0.3 is 10.2 Å². The SMILES string of the molecule is O=C(c1ccc(NC2=NS(=O)(=O)c3ccccc32)cc1)N1CCN(Cc2cccc(Cl)c2)CC1. The molecule has 2 heterocycles. The number of fused-ring (bicyclic) bond motifs is 1. The van der Waals surface area contributed by atoms with E-state index in [1.54, 1.807) is 48.5 Å². The van der Waals surface area contributed by atoms with Crippen molar-refractivity contribution in [2.45, 2.75) is 11.4 Å². The van der Waals surface area contributed by atoms with Crippen molar-refractivity contribution in [1.29, 1.82) is 0 Å². The Labute approximate surface area is 203 Å². The van der Waals surface area contributed by atoms with Gasteiger partial charge in [-0.3, -0.25) is 9.69 Å². The van der Waals surface area contributed by atoms with Crippen LogP contribution in [0.2, 0.25) is 5.02 Å². The number of nitrogens with zero attached hydrogens (tertiary/aromatic N) is 3. The number of nitrogens with one attached hydrogen (secondary N) is 1. The van der Waals surface area contributed by atoms with E-state index in [2.05, 4.69) is 20.7 Å². The Morgan fingerprint density at radius 1 is 0.941 bits per heavy atom. The summed E-state index contributed by atoms with van der Waals surface area (Å²) in [5, 5.41) is 3.79. The highest BCUT2D eigenvalue weighted by Gasteiger charge is 2.28. The lowest BCUT2D eigenvalue weighted by atomic mass is 10.1. The van der Waals surface area contributed by atoms with Crippen LogP contribution in [0.4, 0.5) is 5.69 Å². The normalized spacial score (nSPS) is 17.2. The highest BCUT2D eigenvalue weighted by atomic mass is 35.5. The lowest BCUT2D eigenvalue weighted by molar-refractivity contribution is 0.0628. The molecule has 3 aromatic rings. The third-order valence-corrected chi connectivity index (χ3v) is 7.55. The Morgan fingerprint density at radius 2 is 1.68 bits per heavy atom. The van der Waals surface area contributed by atoms with Crippen molar-refractivity contribution in [3.63, 3.8) is 0 Å². The standard InChI is InChI=1S/C25H23ClN4O3S/c26-20-5-3-4-18(16-20)17-29-12-14-30(15-13-29)25(31)19-8-10-21(11-9-19)27-24-22-6-1-2-7-23(22)34(32,33)28-24/h1-11,16H,12-15,17H2,(H,27,28). The molecule has 0 bridgehead atoms. The zero-order valence-corrected chi connectivity index (χ0v) is 19.9. The minimum atomic E-state index is -3.68. The van der Waals surface area contributed by atoms with Crippen LogP contribution in [-0.2, 0) is 16.6 Å². The van der Waals surface area contributed by atoms with E-state index in [1.165, 1.54) is 0 Å². The van der Waals surface area contributed by atoms with Crippen LogP contribution in [-0.4, -0.2) is 56.1 Å². The van der Waals surface area contributed by atoms with Crippen molar-refractivity contribution in [3.05, 3.63) is 94.5 Å². The molecule has 0 radical (unpaired) electrons. The quantitative estimate of drug-likeness (QED) is 0.595. The minimum absolute atomic E-state index is 0.0138. The van der Waals surface area contributed by atoms with Gasteiger partial charge in [0.2, 0.25) is 0 Å². The van der Waals surface area contributed by atoms with Gasteiger partial charge in [-0.2, -0.15) is 8.42 Å². The summed E-state index contributed by atoms with van der Waals surface area (Å²) in [7, 11) is -3.68. The lowest BCUT2D eigenvalue weighted by Crippen LogP contribution is -2.48. The molecule has 34 heavy (non-hydrogen) atoms.